The van der Waals surface area contributed by atoms with Gasteiger partial charge < -0.3 is 5.73 Å². The summed E-state index contributed by atoms with van der Waals surface area (Å²) in [6, 6.07) is 0. The summed E-state index contributed by atoms with van der Waals surface area (Å²) in [4.78, 5) is 16.8. The number of carbonyl (C=O) groups is 1. The summed E-state index contributed by atoms with van der Waals surface area (Å²) in [7, 11) is 0. The minimum Gasteiger partial charge on any atom is -0.362 e. The van der Waals surface area contributed by atoms with Crippen LogP contribution in [0.4, 0.5) is 0 Å². The molecule has 0 heterocycles. The molecule has 0 fully saturated rings. The van der Waals surface area contributed by atoms with Gasteiger partial charge in [-0.15, -0.1) is 0 Å². The second-order valence-corrected chi connectivity index (χ2v) is 2.31. The zero-order valence-electron chi connectivity index (χ0n) is 4.63. The van der Waals surface area contributed by atoms with Crippen molar-refractivity contribution in [1.29, 1.82) is 0 Å². The molecule has 0 radical (unpaired) electrons. The summed E-state index contributed by atoms with van der Waals surface area (Å²) in [5, 5.41) is 9.84. The fourth-order valence-corrected chi connectivity index (χ4v) is 0.0900. The molecule has 5 nitrogen and oxygen atoms in total. The van der Waals surface area contributed by atoms with E-state index in [4.69, 9.17) is 11.6 Å². The van der Waals surface area contributed by atoms with E-state index in [2.05, 4.69) is 5.73 Å². The van der Waals surface area contributed by atoms with Crippen LogP contribution in [0.5, 0.6) is 0 Å². The molecule has 0 saturated heterocycles. The van der Waals surface area contributed by atoms with E-state index >= 15 is 0 Å². The molecule has 9 heavy (non-hydrogen) atoms. The maximum Gasteiger partial charge on any atom is 0.368 e. The van der Waals surface area contributed by atoms with Gasteiger partial charge in [-0.3, -0.25) is 14.9 Å². The minimum atomic E-state index is -2.17. The third kappa shape index (κ3) is 1.53. The Bertz CT molecular complexity index is 139. The molecule has 1 unspecified atom stereocenters. The molecule has 0 aromatic rings. The molecule has 0 rings (SSSR count). The third-order valence-corrected chi connectivity index (χ3v) is 1.12. The number of nitrogens with zero attached hydrogens (tertiary/aromatic N) is 1. The molecule has 0 saturated carbocycles. The van der Waals surface area contributed by atoms with Gasteiger partial charge in [0.05, 0.1) is 4.92 Å². The number of hydrogen-bond acceptors (Lipinski definition) is 3. The summed E-state index contributed by atoms with van der Waals surface area (Å²) >= 11 is 5.03. The minimum absolute atomic E-state index is 0.927. The number of halogens is 1. The zero-order chi connectivity index (χ0) is 7.65. The van der Waals surface area contributed by atoms with Crippen LogP contribution in [0.3, 0.4) is 0 Å². The summed E-state index contributed by atoms with van der Waals surface area (Å²) < 4.78 is 0. The van der Waals surface area contributed by atoms with Gasteiger partial charge in [-0.2, -0.15) is 0 Å². The Labute approximate surface area is 55.9 Å². The van der Waals surface area contributed by atoms with Crippen molar-refractivity contribution < 1.29 is 9.72 Å². The molecule has 6 heteroatoms. The van der Waals surface area contributed by atoms with E-state index in [0.717, 1.165) is 6.92 Å². The molecule has 1 atom stereocenters. The predicted molar refractivity (Wildman–Crippen MR) is 30.4 cm³/mol. The van der Waals surface area contributed by atoms with Crippen LogP contribution < -0.4 is 5.73 Å². The van der Waals surface area contributed by atoms with Crippen LogP contribution in [0.15, 0.2) is 0 Å². The van der Waals surface area contributed by atoms with E-state index in [1.807, 2.05) is 0 Å². The monoisotopic (exact) mass is 152 g/mol. The van der Waals surface area contributed by atoms with Crippen molar-refractivity contribution in [2.45, 2.75) is 11.9 Å². The van der Waals surface area contributed by atoms with E-state index in [0.29, 0.717) is 0 Å². The van der Waals surface area contributed by atoms with Gasteiger partial charge in [0.15, 0.2) is 0 Å². The lowest BCUT2D eigenvalue weighted by atomic mass is 10.3. The zero-order valence-corrected chi connectivity index (χ0v) is 5.38. The van der Waals surface area contributed by atoms with Gasteiger partial charge in [-0.05, 0) is 11.6 Å². The topological polar surface area (TPSA) is 86.2 Å². The van der Waals surface area contributed by atoms with Crippen LogP contribution in [-0.4, -0.2) is 15.8 Å². The quantitative estimate of drug-likeness (QED) is 0.255. The first-order valence-electron chi connectivity index (χ1n) is 2.02. The van der Waals surface area contributed by atoms with Crippen molar-refractivity contribution in [3.8, 4) is 0 Å². The number of primary amides is 1. The van der Waals surface area contributed by atoms with Gasteiger partial charge in [-0.1, -0.05) is 0 Å². The standard InChI is InChI=1S/C3H5ClN2O3/c1-3(4,2(5)7)6(8)9/h1H3,(H2,5,7). The Balaban J connectivity index is 4.38. The summed E-state index contributed by atoms with van der Waals surface area (Å²) in [6.07, 6.45) is 0. The first-order chi connectivity index (χ1) is 3.89. The number of nitrogens with two attached hydrogens (primary N) is 1. The van der Waals surface area contributed by atoms with Gasteiger partial charge >= 0.3 is 10.9 Å². The fourth-order valence-electron chi connectivity index (χ4n) is 0.0900. The van der Waals surface area contributed by atoms with Crippen LogP contribution in [0.25, 0.3) is 0 Å². The average molecular weight is 153 g/mol. The molecular weight excluding hydrogens is 147 g/mol. The van der Waals surface area contributed by atoms with E-state index in [-0.39, 0.29) is 0 Å². The lowest BCUT2D eigenvalue weighted by molar-refractivity contribution is -0.521. The Kier molecular flexibility index (Phi) is 1.98. The van der Waals surface area contributed by atoms with Crippen molar-refractivity contribution >= 4 is 17.5 Å². The van der Waals surface area contributed by atoms with E-state index in [1.165, 1.54) is 0 Å². The van der Waals surface area contributed by atoms with Gasteiger partial charge in [0.2, 0.25) is 0 Å². The maximum absolute atomic E-state index is 10.1. The Morgan fingerprint density at radius 1 is 1.89 bits per heavy atom. The normalized spacial score (nSPS) is 16.2. The molecular formula is C3H5ClN2O3. The van der Waals surface area contributed by atoms with E-state index in [1.54, 1.807) is 0 Å². The van der Waals surface area contributed by atoms with Crippen molar-refractivity contribution in [3.63, 3.8) is 0 Å². The Morgan fingerprint density at radius 2 is 2.22 bits per heavy atom. The number of amides is 1. The van der Waals surface area contributed by atoms with Crippen molar-refractivity contribution in [2.24, 2.45) is 5.73 Å². The largest absolute Gasteiger partial charge is 0.368 e. The summed E-state index contributed by atoms with van der Waals surface area (Å²) in [5.74, 6) is -1.16. The predicted octanol–water partition coefficient (Wildman–Crippen LogP) is -0.297. The second kappa shape index (κ2) is 2.18. The van der Waals surface area contributed by atoms with Crippen molar-refractivity contribution in [3.05, 3.63) is 10.1 Å². The SMILES string of the molecule is CC(Cl)(C(N)=O)[N+](=O)[O-]. The van der Waals surface area contributed by atoms with E-state index in [9.17, 15) is 14.9 Å². The number of nitro groups is 1. The fraction of sp³-hybridized carbons (Fsp3) is 0.667. The number of alkyl halides is 1. The van der Waals surface area contributed by atoms with Gasteiger partial charge in [0.25, 0.3) is 0 Å². The van der Waals surface area contributed by atoms with Crippen molar-refractivity contribution in [2.75, 3.05) is 0 Å². The van der Waals surface area contributed by atoms with Gasteiger partial charge in [0.1, 0.15) is 0 Å². The van der Waals surface area contributed by atoms with Crippen LogP contribution in [0.1, 0.15) is 6.92 Å². The average Bonchev–Trinajstić information content (AvgIpc) is 1.65. The molecule has 2 N–H and O–H groups in total. The summed E-state index contributed by atoms with van der Waals surface area (Å²) in [6.45, 7) is 0.927. The smallest absolute Gasteiger partial charge is 0.362 e. The van der Waals surface area contributed by atoms with E-state index < -0.39 is 15.8 Å². The highest BCUT2D eigenvalue weighted by atomic mass is 35.5. The van der Waals surface area contributed by atoms with Crippen LogP contribution in [-0.2, 0) is 4.79 Å². The molecule has 1 amide bonds. The van der Waals surface area contributed by atoms with Gasteiger partial charge in [-0.25, -0.2) is 0 Å². The molecule has 0 bridgehead atoms. The van der Waals surface area contributed by atoms with Gasteiger partial charge in [0, 0.05) is 6.92 Å². The van der Waals surface area contributed by atoms with Crippen LogP contribution in [0, 0.1) is 10.1 Å². The molecule has 0 aliphatic rings. The highest BCUT2D eigenvalue weighted by molar-refractivity contribution is 6.32. The highest BCUT2D eigenvalue weighted by Gasteiger charge is 2.41. The molecule has 0 aliphatic carbocycles. The highest BCUT2D eigenvalue weighted by Crippen LogP contribution is 2.12. The summed E-state index contributed by atoms with van der Waals surface area (Å²) in [5.41, 5.74) is 4.56. The number of carbonyl (C=O) groups excluding carboxylic acids is 1. The number of hydrogen-bond donors (Lipinski definition) is 1. The molecule has 0 aromatic heterocycles. The molecule has 0 aromatic carbocycles. The van der Waals surface area contributed by atoms with Crippen molar-refractivity contribution in [1.82, 2.24) is 0 Å². The Hall–Kier alpha value is -0.840. The first-order valence-corrected chi connectivity index (χ1v) is 2.40. The Morgan fingerprint density at radius 3 is 2.22 bits per heavy atom. The van der Waals surface area contributed by atoms with Crippen LogP contribution >= 0.6 is 11.6 Å². The molecule has 52 valence electrons. The second-order valence-electron chi connectivity index (χ2n) is 1.57. The number of rotatable bonds is 2. The maximum atomic E-state index is 10.1. The third-order valence-electron chi connectivity index (χ3n) is 0.793. The molecule has 0 aliphatic heterocycles. The molecule has 0 spiro atoms. The lowest BCUT2D eigenvalue weighted by Crippen LogP contribution is -2.42. The lowest BCUT2D eigenvalue weighted by Gasteiger charge is -2.06. The van der Waals surface area contributed by atoms with Crippen LogP contribution in [0.2, 0.25) is 0 Å². The first kappa shape index (κ1) is 8.16.